The zero-order chi connectivity index (χ0) is 19.2. The molecule has 7 heteroatoms. The van der Waals surface area contributed by atoms with Crippen LogP contribution in [-0.4, -0.2) is 31.0 Å². The summed E-state index contributed by atoms with van der Waals surface area (Å²) in [6.45, 7) is 5.06. The summed E-state index contributed by atoms with van der Waals surface area (Å²) in [5, 5.41) is 8.08. The number of imidazole rings is 1. The van der Waals surface area contributed by atoms with E-state index in [0.717, 1.165) is 34.8 Å². The quantitative estimate of drug-likeness (QED) is 0.438. The Morgan fingerprint density at radius 2 is 2.04 bits per heavy atom. The van der Waals surface area contributed by atoms with Crippen LogP contribution in [0.25, 0.3) is 11.0 Å². The molecule has 0 radical (unpaired) electrons. The van der Waals surface area contributed by atoms with E-state index in [-0.39, 0.29) is 5.91 Å². The first kappa shape index (κ1) is 19.5. The van der Waals surface area contributed by atoms with Crippen molar-refractivity contribution >= 4 is 34.5 Å². The van der Waals surface area contributed by atoms with Crippen LogP contribution in [0.2, 0.25) is 0 Å². The normalized spacial score (nSPS) is 11.2. The number of carbonyl (C=O) groups excluding carboxylic acids is 1. The van der Waals surface area contributed by atoms with Gasteiger partial charge in [-0.25, -0.2) is 4.98 Å². The topological polar surface area (TPSA) is 64.7 Å². The van der Waals surface area contributed by atoms with Crippen LogP contribution in [0.15, 0.2) is 35.5 Å². The van der Waals surface area contributed by atoms with Gasteiger partial charge in [-0.1, -0.05) is 50.1 Å². The number of unbranched alkanes of at least 4 members (excludes halogenated alkanes) is 3. The van der Waals surface area contributed by atoms with Crippen molar-refractivity contribution in [2.24, 2.45) is 7.05 Å². The minimum Gasteiger partial charge on any atom is -0.319 e. The standard InChI is InChI=1S/C20H27N5OS/c1-4-5-6-9-12-25-17-11-8-7-10-16(17)21-20(25)27-14-19(26)22-18-13-15(2)23-24(18)3/h7-8,10-11,13H,4-6,9,12,14H2,1-3H3,(H,22,26). The number of aromatic nitrogens is 4. The molecule has 1 N–H and O–H groups in total. The van der Waals surface area contributed by atoms with E-state index in [2.05, 4.69) is 28.0 Å². The summed E-state index contributed by atoms with van der Waals surface area (Å²) >= 11 is 1.49. The second kappa shape index (κ2) is 9.08. The lowest BCUT2D eigenvalue weighted by Crippen LogP contribution is -2.16. The second-order valence-electron chi connectivity index (χ2n) is 6.73. The zero-order valence-electron chi connectivity index (χ0n) is 16.2. The fraction of sp³-hybridized carbons (Fsp3) is 0.450. The Balaban J connectivity index is 1.68. The number of fused-ring (bicyclic) bond motifs is 1. The van der Waals surface area contributed by atoms with Gasteiger partial charge in [0.1, 0.15) is 5.82 Å². The van der Waals surface area contributed by atoms with Crippen LogP contribution < -0.4 is 5.32 Å². The number of aryl methyl sites for hydroxylation is 3. The van der Waals surface area contributed by atoms with Gasteiger partial charge in [0.2, 0.25) is 5.91 Å². The number of hydrogen-bond acceptors (Lipinski definition) is 4. The van der Waals surface area contributed by atoms with E-state index < -0.39 is 0 Å². The Hall–Kier alpha value is -2.28. The molecule has 0 bridgehead atoms. The molecule has 1 amide bonds. The molecule has 0 aliphatic rings. The number of hydrogen-bond donors (Lipinski definition) is 1. The van der Waals surface area contributed by atoms with Crippen LogP contribution in [0.1, 0.15) is 38.3 Å². The Kier molecular flexibility index (Phi) is 6.55. The number of para-hydroxylation sites is 2. The molecule has 144 valence electrons. The lowest BCUT2D eigenvalue weighted by molar-refractivity contribution is -0.113. The molecule has 0 fully saturated rings. The number of thioether (sulfide) groups is 1. The Labute approximate surface area is 164 Å². The van der Waals surface area contributed by atoms with Crippen LogP contribution in [0.5, 0.6) is 0 Å². The first-order valence-electron chi connectivity index (χ1n) is 9.47. The first-order chi connectivity index (χ1) is 13.1. The molecule has 0 saturated carbocycles. The van der Waals surface area contributed by atoms with E-state index in [9.17, 15) is 4.79 Å². The minimum atomic E-state index is -0.0485. The van der Waals surface area contributed by atoms with Gasteiger partial charge in [-0.3, -0.25) is 9.48 Å². The van der Waals surface area contributed by atoms with Crippen LogP contribution in [0.4, 0.5) is 5.82 Å². The molecule has 3 aromatic rings. The average Bonchev–Trinajstić information content (AvgIpc) is 3.16. The van der Waals surface area contributed by atoms with Crippen molar-refractivity contribution in [1.82, 2.24) is 19.3 Å². The van der Waals surface area contributed by atoms with Crippen LogP contribution in [0, 0.1) is 6.92 Å². The monoisotopic (exact) mass is 385 g/mol. The number of nitrogens with one attached hydrogen (secondary N) is 1. The molecule has 27 heavy (non-hydrogen) atoms. The molecule has 0 atom stereocenters. The molecule has 0 aliphatic carbocycles. The second-order valence-corrected chi connectivity index (χ2v) is 7.67. The maximum absolute atomic E-state index is 12.4. The summed E-state index contributed by atoms with van der Waals surface area (Å²) in [6, 6.07) is 10.0. The van der Waals surface area contributed by atoms with Gasteiger partial charge in [-0.05, 0) is 25.5 Å². The Morgan fingerprint density at radius 1 is 1.22 bits per heavy atom. The van der Waals surface area contributed by atoms with Crippen molar-refractivity contribution in [3.63, 3.8) is 0 Å². The van der Waals surface area contributed by atoms with Crippen molar-refractivity contribution in [3.05, 3.63) is 36.0 Å². The van der Waals surface area contributed by atoms with Gasteiger partial charge in [0, 0.05) is 19.7 Å². The summed E-state index contributed by atoms with van der Waals surface area (Å²) in [4.78, 5) is 17.1. The highest BCUT2D eigenvalue weighted by atomic mass is 32.2. The van der Waals surface area contributed by atoms with E-state index in [4.69, 9.17) is 4.98 Å². The SMILES string of the molecule is CCCCCCn1c(SCC(=O)Nc2cc(C)nn2C)nc2ccccc21. The Bertz CT molecular complexity index is 914. The van der Waals surface area contributed by atoms with Gasteiger partial charge in [0.15, 0.2) is 5.16 Å². The molecule has 3 rings (SSSR count). The number of amides is 1. The number of nitrogens with zero attached hydrogens (tertiary/aromatic N) is 4. The van der Waals surface area contributed by atoms with Crippen molar-refractivity contribution in [3.8, 4) is 0 Å². The molecule has 0 aliphatic heterocycles. The number of carbonyl (C=O) groups is 1. The third-order valence-corrected chi connectivity index (χ3v) is 5.43. The van der Waals surface area contributed by atoms with E-state index in [1.54, 1.807) is 4.68 Å². The fourth-order valence-electron chi connectivity index (χ4n) is 3.11. The first-order valence-corrected chi connectivity index (χ1v) is 10.5. The molecule has 1 aromatic carbocycles. The van der Waals surface area contributed by atoms with E-state index >= 15 is 0 Å². The highest BCUT2D eigenvalue weighted by Gasteiger charge is 2.14. The third-order valence-electron chi connectivity index (χ3n) is 4.46. The molecule has 0 saturated heterocycles. The molecule has 0 spiro atoms. The van der Waals surface area contributed by atoms with E-state index in [1.807, 2.05) is 38.2 Å². The van der Waals surface area contributed by atoms with Crippen molar-refractivity contribution in [2.75, 3.05) is 11.1 Å². The summed E-state index contributed by atoms with van der Waals surface area (Å²) in [5.41, 5.74) is 3.01. The summed E-state index contributed by atoms with van der Waals surface area (Å²) in [6.07, 6.45) is 4.82. The highest BCUT2D eigenvalue weighted by molar-refractivity contribution is 7.99. The largest absolute Gasteiger partial charge is 0.319 e. The minimum absolute atomic E-state index is 0.0485. The summed E-state index contributed by atoms with van der Waals surface area (Å²) < 4.78 is 3.93. The maximum Gasteiger partial charge on any atom is 0.235 e. The van der Waals surface area contributed by atoms with Gasteiger partial charge < -0.3 is 9.88 Å². The van der Waals surface area contributed by atoms with Gasteiger partial charge in [-0.2, -0.15) is 5.10 Å². The van der Waals surface area contributed by atoms with Gasteiger partial charge in [-0.15, -0.1) is 0 Å². The molecule has 0 unspecified atom stereocenters. The number of rotatable bonds is 9. The van der Waals surface area contributed by atoms with Crippen molar-refractivity contribution < 1.29 is 4.79 Å². The van der Waals surface area contributed by atoms with Gasteiger partial charge >= 0.3 is 0 Å². The predicted molar refractivity (Wildman–Crippen MR) is 111 cm³/mol. The molecule has 6 nitrogen and oxygen atoms in total. The zero-order valence-corrected chi connectivity index (χ0v) is 17.1. The van der Waals surface area contributed by atoms with Crippen molar-refractivity contribution in [1.29, 1.82) is 0 Å². The maximum atomic E-state index is 12.4. The molecule has 2 aromatic heterocycles. The molecular formula is C20H27N5OS. The summed E-state index contributed by atoms with van der Waals surface area (Å²) in [5.74, 6) is 0.987. The summed E-state index contributed by atoms with van der Waals surface area (Å²) in [7, 11) is 1.82. The van der Waals surface area contributed by atoms with Gasteiger partial charge in [0.25, 0.3) is 0 Å². The molecule has 2 heterocycles. The van der Waals surface area contributed by atoms with E-state index in [1.165, 1.54) is 31.0 Å². The predicted octanol–water partition coefficient (Wildman–Crippen LogP) is 4.39. The van der Waals surface area contributed by atoms with Crippen molar-refractivity contribution in [2.45, 2.75) is 51.2 Å². The third kappa shape index (κ3) is 4.91. The van der Waals surface area contributed by atoms with Gasteiger partial charge in [0.05, 0.1) is 22.5 Å². The van der Waals surface area contributed by atoms with Crippen LogP contribution in [0.3, 0.4) is 0 Å². The number of anilines is 1. The van der Waals surface area contributed by atoms with Crippen LogP contribution >= 0.6 is 11.8 Å². The molecular weight excluding hydrogens is 358 g/mol. The average molecular weight is 386 g/mol. The highest BCUT2D eigenvalue weighted by Crippen LogP contribution is 2.25. The lowest BCUT2D eigenvalue weighted by Gasteiger charge is -2.09. The van der Waals surface area contributed by atoms with E-state index in [0.29, 0.717) is 11.6 Å². The fourth-order valence-corrected chi connectivity index (χ4v) is 3.95. The lowest BCUT2D eigenvalue weighted by atomic mass is 10.2. The Morgan fingerprint density at radius 3 is 2.78 bits per heavy atom. The smallest absolute Gasteiger partial charge is 0.235 e. The number of benzene rings is 1. The van der Waals surface area contributed by atoms with Crippen LogP contribution in [-0.2, 0) is 18.4 Å².